The first-order chi connectivity index (χ1) is 7.68. The third-order valence-electron chi connectivity index (χ3n) is 2.35. The van der Waals surface area contributed by atoms with Crippen LogP contribution in [-0.2, 0) is 6.54 Å². The summed E-state index contributed by atoms with van der Waals surface area (Å²) >= 11 is 6.01. The molecule has 5 nitrogen and oxygen atoms in total. The zero-order valence-electron chi connectivity index (χ0n) is 9.11. The third-order valence-corrected chi connectivity index (χ3v) is 2.62. The van der Waals surface area contributed by atoms with Gasteiger partial charge in [-0.25, -0.2) is 9.97 Å². The van der Waals surface area contributed by atoms with Crippen molar-refractivity contribution in [3.8, 4) is 0 Å². The lowest BCUT2D eigenvalue weighted by Gasteiger charge is -2.18. The van der Waals surface area contributed by atoms with Gasteiger partial charge in [0, 0.05) is 24.8 Å². The monoisotopic (exact) mass is 237 g/mol. The lowest BCUT2D eigenvalue weighted by Crippen LogP contribution is -2.18. The van der Waals surface area contributed by atoms with Crippen LogP contribution in [0, 0.1) is 6.92 Å². The highest BCUT2D eigenvalue weighted by molar-refractivity contribution is 6.32. The number of H-pyrrole nitrogens is 1. The van der Waals surface area contributed by atoms with Gasteiger partial charge in [0.1, 0.15) is 11.3 Å². The maximum atomic E-state index is 6.01. The average molecular weight is 238 g/mol. The molecular formula is C10H12ClN5. The van der Waals surface area contributed by atoms with Gasteiger partial charge in [-0.3, -0.25) is 5.10 Å². The summed E-state index contributed by atoms with van der Waals surface area (Å²) in [6, 6.07) is 0. The molecule has 0 atom stereocenters. The second-order valence-corrected chi connectivity index (χ2v) is 3.98. The second kappa shape index (κ2) is 4.49. The predicted molar refractivity (Wildman–Crippen MR) is 62.5 cm³/mol. The first kappa shape index (κ1) is 10.9. The van der Waals surface area contributed by atoms with Crippen molar-refractivity contribution in [2.45, 2.75) is 13.5 Å². The molecule has 0 fully saturated rings. The topological polar surface area (TPSA) is 57.7 Å². The Morgan fingerprint density at radius 3 is 2.88 bits per heavy atom. The highest BCUT2D eigenvalue weighted by Gasteiger charge is 2.10. The van der Waals surface area contributed by atoms with Gasteiger partial charge in [-0.2, -0.15) is 5.10 Å². The van der Waals surface area contributed by atoms with E-state index in [4.69, 9.17) is 11.6 Å². The van der Waals surface area contributed by atoms with Crippen LogP contribution in [0.3, 0.4) is 0 Å². The molecule has 2 aromatic rings. The Bertz CT molecular complexity index is 482. The molecule has 84 valence electrons. The van der Waals surface area contributed by atoms with Crippen molar-refractivity contribution in [2.75, 3.05) is 11.9 Å². The van der Waals surface area contributed by atoms with Crippen molar-refractivity contribution in [3.63, 3.8) is 0 Å². The third kappa shape index (κ3) is 2.14. The number of aromatic nitrogens is 4. The summed E-state index contributed by atoms with van der Waals surface area (Å²) in [4.78, 5) is 9.95. The first-order valence-electron chi connectivity index (χ1n) is 4.84. The molecule has 0 bridgehead atoms. The van der Waals surface area contributed by atoms with Gasteiger partial charge in [0.05, 0.1) is 12.4 Å². The van der Waals surface area contributed by atoms with Crippen LogP contribution in [0.5, 0.6) is 0 Å². The van der Waals surface area contributed by atoms with Gasteiger partial charge in [0.25, 0.3) is 0 Å². The van der Waals surface area contributed by atoms with Gasteiger partial charge in [0.15, 0.2) is 5.82 Å². The summed E-state index contributed by atoms with van der Waals surface area (Å²) < 4.78 is 0. The minimum atomic E-state index is 0.547. The highest BCUT2D eigenvalue weighted by Crippen LogP contribution is 2.21. The predicted octanol–water partition coefficient (Wildman–Crippen LogP) is 1.80. The molecule has 0 aromatic carbocycles. The second-order valence-electron chi connectivity index (χ2n) is 3.57. The molecule has 1 N–H and O–H groups in total. The van der Waals surface area contributed by atoms with Gasteiger partial charge in [-0.1, -0.05) is 11.6 Å². The van der Waals surface area contributed by atoms with Crippen LogP contribution >= 0.6 is 11.6 Å². The van der Waals surface area contributed by atoms with Crippen LogP contribution in [0.2, 0.25) is 5.02 Å². The largest absolute Gasteiger partial charge is 0.354 e. The smallest absolute Gasteiger partial charge is 0.150 e. The summed E-state index contributed by atoms with van der Waals surface area (Å²) in [6.07, 6.45) is 4.88. The number of aryl methyl sites for hydroxylation is 1. The maximum Gasteiger partial charge on any atom is 0.150 e. The normalized spacial score (nSPS) is 10.4. The lowest BCUT2D eigenvalue weighted by molar-refractivity contribution is 0.884. The van der Waals surface area contributed by atoms with Crippen LogP contribution in [-0.4, -0.2) is 27.2 Å². The molecule has 0 radical (unpaired) electrons. The number of aromatic amines is 1. The number of anilines is 1. The average Bonchev–Trinajstić information content (AvgIpc) is 2.65. The van der Waals surface area contributed by atoms with E-state index in [0.717, 1.165) is 17.1 Å². The van der Waals surface area contributed by atoms with Crippen molar-refractivity contribution in [1.82, 2.24) is 20.2 Å². The van der Waals surface area contributed by atoms with E-state index in [9.17, 15) is 0 Å². The molecule has 0 saturated heterocycles. The molecule has 6 heteroatoms. The number of nitrogens with one attached hydrogen (secondary N) is 1. The van der Waals surface area contributed by atoms with E-state index in [-0.39, 0.29) is 0 Å². The Morgan fingerprint density at radius 2 is 2.25 bits per heavy atom. The zero-order chi connectivity index (χ0) is 11.5. The van der Waals surface area contributed by atoms with Gasteiger partial charge >= 0.3 is 0 Å². The summed E-state index contributed by atoms with van der Waals surface area (Å²) in [5.41, 5.74) is 2.18. The van der Waals surface area contributed by atoms with E-state index < -0.39 is 0 Å². The van der Waals surface area contributed by atoms with Crippen LogP contribution in [0.15, 0.2) is 18.7 Å². The fourth-order valence-corrected chi connectivity index (χ4v) is 1.70. The number of hydrogen-bond donors (Lipinski definition) is 1. The van der Waals surface area contributed by atoms with Gasteiger partial charge in [-0.05, 0) is 6.92 Å². The van der Waals surface area contributed by atoms with Crippen LogP contribution in [0.25, 0.3) is 0 Å². The molecule has 0 aliphatic rings. The molecule has 2 heterocycles. The van der Waals surface area contributed by atoms with Crippen molar-refractivity contribution >= 4 is 17.4 Å². The molecule has 0 saturated carbocycles. The van der Waals surface area contributed by atoms with Crippen LogP contribution < -0.4 is 4.90 Å². The summed E-state index contributed by atoms with van der Waals surface area (Å²) in [7, 11) is 1.93. The molecular weight excluding hydrogens is 226 g/mol. The van der Waals surface area contributed by atoms with E-state index in [1.165, 1.54) is 6.33 Å². The SMILES string of the molecule is Cc1[nH]ncc1CN(C)c1ncncc1Cl. The van der Waals surface area contributed by atoms with Gasteiger partial charge in [0.2, 0.25) is 0 Å². The van der Waals surface area contributed by atoms with Crippen molar-refractivity contribution in [1.29, 1.82) is 0 Å². The number of rotatable bonds is 3. The Kier molecular flexibility index (Phi) is 3.05. The Labute approximate surface area is 98.5 Å². The summed E-state index contributed by atoms with van der Waals surface area (Å²) in [5.74, 6) is 0.720. The fraction of sp³-hybridized carbons (Fsp3) is 0.300. The minimum Gasteiger partial charge on any atom is -0.354 e. The van der Waals surface area contributed by atoms with E-state index in [2.05, 4.69) is 20.2 Å². The number of hydrogen-bond acceptors (Lipinski definition) is 4. The summed E-state index contributed by atoms with van der Waals surface area (Å²) in [5, 5.41) is 7.42. The van der Waals surface area contributed by atoms with E-state index in [0.29, 0.717) is 11.6 Å². The highest BCUT2D eigenvalue weighted by atomic mass is 35.5. The van der Waals surface area contributed by atoms with Crippen molar-refractivity contribution in [2.24, 2.45) is 0 Å². The Hall–Kier alpha value is -1.62. The number of halogens is 1. The Balaban J connectivity index is 2.18. The standard InChI is InChI=1S/C10H12ClN5/c1-7-8(3-14-15-7)5-16(2)10-9(11)4-12-6-13-10/h3-4,6H,5H2,1-2H3,(H,14,15). The molecule has 0 unspecified atom stereocenters. The van der Waals surface area contributed by atoms with Gasteiger partial charge < -0.3 is 4.90 Å². The van der Waals surface area contributed by atoms with Crippen molar-refractivity contribution in [3.05, 3.63) is 35.0 Å². The molecule has 2 aromatic heterocycles. The van der Waals surface area contributed by atoms with Gasteiger partial charge in [-0.15, -0.1) is 0 Å². The van der Waals surface area contributed by atoms with E-state index >= 15 is 0 Å². The van der Waals surface area contributed by atoms with Crippen LogP contribution in [0.1, 0.15) is 11.3 Å². The molecule has 0 aliphatic carbocycles. The molecule has 16 heavy (non-hydrogen) atoms. The zero-order valence-corrected chi connectivity index (χ0v) is 9.86. The maximum absolute atomic E-state index is 6.01. The van der Waals surface area contributed by atoms with E-state index in [1.54, 1.807) is 12.4 Å². The molecule has 2 rings (SSSR count). The van der Waals surface area contributed by atoms with Crippen LogP contribution in [0.4, 0.5) is 5.82 Å². The number of nitrogens with zero attached hydrogens (tertiary/aromatic N) is 4. The first-order valence-corrected chi connectivity index (χ1v) is 5.21. The Morgan fingerprint density at radius 1 is 1.44 bits per heavy atom. The lowest BCUT2D eigenvalue weighted by atomic mass is 10.2. The minimum absolute atomic E-state index is 0.547. The molecule has 0 spiro atoms. The quantitative estimate of drug-likeness (QED) is 0.885. The fourth-order valence-electron chi connectivity index (χ4n) is 1.45. The molecule has 0 amide bonds. The van der Waals surface area contributed by atoms with E-state index in [1.807, 2.05) is 18.9 Å². The van der Waals surface area contributed by atoms with Crippen molar-refractivity contribution < 1.29 is 0 Å². The molecule has 0 aliphatic heterocycles. The summed E-state index contributed by atoms with van der Waals surface area (Å²) in [6.45, 7) is 2.69.